The van der Waals surface area contributed by atoms with Gasteiger partial charge in [0.05, 0.1) is 12.8 Å². The fraction of sp³-hybridized carbons (Fsp3) is 0.125. The number of aryl methyl sites for hydroxylation is 1. The molecule has 0 saturated heterocycles. The molecule has 118 valence electrons. The summed E-state index contributed by atoms with van der Waals surface area (Å²) in [7, 11) is 0. The van der Waals surface area contributed by atoms with E-state index < -0.39 is 5.91 Å². The number of hydrogen-bond donors (Lipinski definition) is 3. The summed E-state index contributed by atoms with van der Waals surface area (Å²) in [6.07, 6.45) is 3.01. The minimum absolute atomic E-state index is 0.0712. The number of benzene rings is 1. The molecular formula is C16H15N3O3S. The summed E-state index contributed by atoms with van der Waals surface area (Å²) in [5, 5.41) is 5.46. The third-order valence-electron chi connectivity index (χ3n) is 3.36. The van der Waals surface area contributed by atoms with E-state index in [1.54, 1.807) is 18.4 Å². The van der Waals surface area contributed by atoms with Crippen LogP contribution in [0.3, 0.4) is 0 Å². The molecule has 0 atom stereocenters. The van der Waals surface area contributed by atoms with Crippen LogP contribution in [0.25, 0.3) is 11.3 Å². The van der Waals surface area contributed by atoms with Gasteiger partial charge in [-0.1, -0.05) is 0 Å². The first kappa shape index (κ1) is 15.2. The van der Waals surface area contributed by atoms with Gasteiger partial charge in [-0.25, -0.2) is 0 Å². The van der Waals surface area contributed by atoms with E-state index >= 15 is 0 Å². The monoisotopic (exact) mass is 329 g/mol. The number of nitrogens with zero attached hydrogens (tertiary/aromatic N) is 1. The van der Waals surface area contributed by atoms with Gasteiger partial charge in [0.2, 0.25) is 0 Å². The molecule has 1 aromatic carbocycles. The van der Waals surface area contributed by atoms with Crippen LogP contribution in [0.15, 0.2) is 58.1 Å². The highest BCUT2D eigenvalue weighted by atomic mass is 32.1. The molecule has 2 N–H and O–H groups in total. The summed E-state index contributed by atoms with van der Waals surface area (Å²) < 4.78 is 6.66. The van der Waals surface area contributed by atoms with E-state index in [0.717, 1.165) is 11.3 Å². The number of rotatable bonds is 5. The van der Waals surface area contributed by atoms with Crippen molar-refractivity contribution in [1.82, 2.24) is 9.78 Å². The number of H-pyrrole nitrogens is 1. The normalized spacial score (nSPS) is 10.7. The molecule has 3 aromatic rings. The predicted octanol–water partition coefficient (Wildman–Crippen LogP) is 2.62. The first-order valence-corrected chi connectivity index (χ1v) is 7.66. The van der Waals surface area contributed by atoms with Gasteiger partial charge in [-0.3, -0.25) is 14.3 Å². The van der Waals surface area contributed by atoms with Crippen molar-refractivity contribution < 1.29 is 9.21 Å². The minimum atomic E-state index is -0.449. The molecule has 0 aliphatic heterocycles. The second-order valence-electron chi connectivity index (χ2n) is 4.88. The average molecular weight is 329 g/mol. The molecule has 0 bridgehead atoms. The van der Waals surface area contributed by atoms with Crippen LogP contribution in [-0.4, -0.2) is 21.4 Å². The zero-order valence-corrected chi connectivity index (χ0v) is 13.0. The van der Waals surface area contributed by atoms with E-state index in [1.807, 2.05) is 24.3 Å². The standard InChI is InChI=1S/C16H15N3O3S/c20-15(13-10-17-19(7-9-23)16(13)21)18-12-5-3-11(4-6-12)14-2-1-8-22-14/h1-6,8,10,17,23H,7,9H2,(H,18,20). The maximum Gasteiger partial charge on any atom is 0.279 e. The van der Waals surface area contributed by atoms with Crippen molar-refractivity contribution in [2.45, 2.75) is 6.54 Å². The maximum atomic E-state index is 12.2. The highest BCUT2D eigenvalue weighted by Crippen LogP contribution is 2.21. The van der Waals surface area contributed by atoms with E-state index in [-0.39, 0.29) is 11.1 Å². The second-order valence-corrected chi connectivity index (χ2v) is 5.32. The van der Waals surface area contributed by atoms with Crippen LogP contribution in [0.5, 0.6) is 0 Å². The molecule has 0 aliphatic rings. The first-order chi connectivity index (χ1) is 11.2. The minimum Gasteiger partial charge on any atom is -0.464 e. The van der Waals surface area contributed by atoms with Crippen LogP contribution in [0.1, 0.15) is 10.4 Å². The Morgan fingerprint density at radius 2 is 2.04 bits per heavy atom. The van der Waals surface area contributed by atoms with E-state index in [1.165, 1.54) is 10.9 Å². The van der Waals surface area contributed by atoms with E-state index in [4.69, 9.17) is 4.42 Å². The summed E-state index contributed by atoms with van der Waals surface area (Å²) in [5.74, 6) is 0.813. The molecular weight excluding hydrogens is 314 g/mol. The number of furan rings is 1. The Hall–Kier alpha value is -2.67. The molecule has 23 heavy (non-hydrogen) atoms. The Balaban J connectivity index is 1.74. The van der Waals surface area contributed by atoms with Crippen molar-refractivity contribution in [3.05, 3.63) is 64.8 Å². The molecule has 0 spiro atoms. The Bertz CT molecular complexity index is 848. The lowest BCUT2D eigenvalue weighted by atomic mass is 10.1. The lowest BCUT2D eigenvalue weighted by molar-refractivity contribution is 0.102. The topological polar surface area (TPSA) is 80.0 Å². The number of hydrogen-bond acceptors (Lipinski definition) is 4. The molecule has 6 nitrogen and oxygen atoms in total. The van der Waals surface area contributed by atoms with Crippen LogP contribution in [0.4, 0.5) is 5.69 Å². The Morgan fingerprint density at radius 1 is 1.26 bits per heavy atom. The van der Waals surface area contributed by atoms with Gasteiger partial charge in [0.1, 0.15) is 11.3 Å². The molecule has 7 heteroatoms. The fourth-order valence-corrected chi connectivity index (χ4v) is 2.40. The first-order valence-electron chi connectivity index (χ1n) is 7.03. The SMILES string of the molecule is O=C(Nc1ccc(-c2ccco2)cc1)c1c[nH]n(CCS)c1=O. The van der Waals surface area contributed by atoms with Gasteiger partial charge in [-0.15, -0.1) is 0 Å². The van der Waals surface area contributed by atoms with Crippen LogP contribution in [0, 0.1) is 0 Å². The third kappa shape index (κ3) is 3.24. The molecule has 0 aliphatic carbocycles. The number of amides is 1. The fourth-order valence-electron chi connectivity index (χ4n) is 2.20. The summed E-state index contributed by atoms with van der Waals surface area (Å²) >= 11 is 4.07. The second kappa shape index (κ2) is 6.62. The summed E-state index contributed by atoms with van der Waals surface area (Å²) in [5.41, 5.74) is 1.23. The van der Waals surface area contributed by atoms with Crippen molar-refractivity contribution in [2.75, 3.05) is 11.1 Å². The van der Waals surface area contributed by atoms with Crippen LogP contribution >= 0.6 is 12.6 Å². The van der Waals surface area contributed by atoms with Crippen LogP contribution < -0.4 is 10.9 Å². The molecule has 0 unspecified atom stereocenters. The van der Waals surface area contributed by atoms with Gasteiger partial charge in [0.15, 0.2) is 0 Å². The lowest BCUT2D eigenvalue weighted by Crippen LogP contribution is -2.25. The van der Waals surface area contributed by atoms with Gasteiger partial charge in [-0.2, -0.15) is 12.6 Å². The average Bonchev–Trinajstić information content (AvgIpc) is 3.19. The molecule has 1 amide bonds. The van der Waals surface area contributed by atoms with E-state index in [0.29, 0.717) is 18.0 Å². The van der Waals surface area contributed by atoms with Crippen molar-refractivity contribution in [3.8, 4) is 11.3 Å². The Labute approximate surface area is 137 Å². The third-order valence-corrected chi connectivity index (χ3v) is 3.56. The number of aromatic nitrogens is 2. The van der Waals surface area contributed by atoms with E-state index in [9.17, 15) is 9.59 Å². The molecule has 0 fully saturated rings. The summed E-state index contributed by atoms with van der Waals surface area (Å²) in [4.78, 5) is 24.2. The zero-order valence-electron chi connectivity index (χ0n) is 12.2. The van der Waals surface area contributed by atoms with Gasteiger partial charge in [-0.05, 0) is 36.4 Å². The van der Waals surface area contributed by atoms with Crippen molar-refractivity contribution in [1.29, 1.82) is 0 Å². The van der Waals surface area contributed by atoms with Crippen molar-refractivity contribution in [3.63, 3.8) is 0 Å². The lowest BCUT2D eigenvalue weighted by Gasteiger charge is -2.04. The van der Waals surface area contributed by atoms with Crippen LogP contribution in [0.2, 0.25) is 0 Å². The Kier molecular flexibility index (Phi) is 4.38. The number of anilines is 1. The van der Waals surface area contributed by atoms with Gasteiger partial charge in [0.25, 0.3) is 11.5 Å². The number of nitrogens with one attached hydrogen (secondary N) is 2. The van der Waals surface area contributed by atoms with E-state index in [2.05, 4.69) is 23.0 Å². The molecule has 3 rings (SSSR count). The van der Waals surface area contributed by atoms with Gasteiger partial charge in [0, 0.05) is 23.2 Å². The largest absolute Gasteiger partial charge is 0.464 e. The Morgan fingerprint density at radius 3 is 2.70 bits per heavy atom. The molecule has 0 saturated carbocycles. The smallest absolute Gasteiger partial charge is 0.279 e. The molecule has 2 heterocycles. The van der Waals surface area contributed by atoms with Crippen molar-refractivity contribution >= 4 is 24.2 Å². The summed E-state index contributed by atoms with van der Waals surface area (Å²) in [6, 6.07) is 10.9. The summed E-state index contributed by atoms with van der Waals surface area (Å²) in [6.45, 7) is 0.424. The zero-order chi connectivity index (χ0) is 16.2. The van der Waals surface area contributed by atoms with Crippen LogP contribution in [-0.2, 0) is 6.54 Å². The highest BCUT2D eigenvalue weighted by Gasteiger charge is 2.14. The molecule has 0 radical (unpaired) electrons. The quantitative estimate of drug-likeness (QED) is 0.630. The van der Waals surface area contributed by atoms with Crippen molar-refractivity contribution in [2.24, 2.45) is 0 Å². The number of carbonyl (C=O) groups is 1. The molecule has 2 aromatic heterocycles. The number of aromatic amines is 1. The maximum absolute atomic E-state index is 12.2. The van der Waals surface area contributed by atoms with Gasteiger partial charge >= 0.3 is 0 Å². The number of thiol groups is 1. The van der Waals surface area contributed by atoms with Gasteiger partial charge < -0.3 is 14.8 Å². The number of carbonyl (C=O) groups excluding carboxylic acids is 1. The predicted molar refractivity (Wildman–Crippen MR) is 91.0 cm³/mol. The highest BCUT2D eigenvalue weighted by molar-refractivity contribution is 7.80.